The van der Waals surface area contributed by atoms with Crippen LogP contribution in [0, 0.1) is 6.92 Å². The van der Waals surface area contributed by atoms with Gasteiger partial charge in [-0.1, -0.05) is 35.6 Å². The van der Waals surface area contributed by atoms with Gasteiger partial charge in [0.1, 0.15) is 11.3 Å². The van der Waals surface area contributed by atoms with Crippen molar-refractivity contribution < 1.29 is 22.7 Å². The number of amides is 1. The zero-order valence-electron chi connectivity index (χ0n) is 24.6. The minimum absolute atomic E-state index is 0. The molecule has 0 bridgehead atoms. The van der Waals surface area contributed by atoms with Crippen molar-refractivity contribution in [2.75, 3.05) is 62.3 Å². The van der Waals surface area contributed by atoms with Crippen LogP contribution in [-0.2, 0) is 14.8 Å². The minimum atomic E-state index is -3.81. The van der Waals surface area contributed by atoms with Gasteiger partial charge in [-0.25, -0.2) is 13.4 Å². The van der Waals surface area contributed by atoms with Crippen LogP contribution in [0.1, 0.15) is 29.3 Å². The predicted molar refractivity (Wildman–Crippen MR) is 175 cm³/mol. The number of para-hydroxylation sites is 1. The Labute approximate surface area is 263 Å². The molecule has 1 fully saturated rings. The first-order chi connectivity index (χ1) is 20.3. The van der Waals surface area contributed by atoms with Crippen LogP contribution in [0.25, 0.3) is 10.2 Å². The van der Waals surface area contributed by atoms with Crippen molar-refractivity contribution >= 4 is 60.7 Å². The number of thiazole rings is 1. The second-order valence-electron chi connectivity index (χ2n) is 10.1. The smallest absolute Gasteiger partial charge is 0.264 e. The Morgan fingerprint density at radius 1 is 1.05 bits per heavy atom. The molecule has 0 spiro atoms. The van der Waals surface area contributed by atoms with Gasteiger partial charge in [-0.2, -0.15) is 0 Å². The molecular formula is C31H37ClN4O5S2. The van der Waals surface area contributed by atoms with Crippen molar-refractivity contribution in [3.8, 4) is 5.75 Å². The topological polar surface area (TPSA) is 92.3 Å². The molecule has 43 heavy (non-hydrogen) atoms. The van der Waals surface area contributed by atoms with Crippen LogP contribution in [0.15, 0.2) is 71.6 Å². The minimum Gasteiger partial charge on any atom is -0.494 e. The van der Waals surface area contributed by atoms with E-state index in [1.807, 2.05) is 37.3 Å². The van der Waals surface area contributed by atoms with Gasteiger partial charge in [0.05, 0.1) is 35.6 Å². The third-order valence-corrected chi connectivity index (χ3v) is 10.5. The maximum Gasteiger partial charge on any atom is 0.264 e. The van der Waals surface area contributed by atoms with Crippen LogP contribution in [0.3, 0.4) is 0 Å². The number of aromatic nitrogens is 1. The maximum atomic E-state index is 14.0. The fourth-order valence-electron chi connectivity index (χ4n) is 5.08. The molecule has 0 atom stereocenters. The van der Waals surface area contributed by atoms with Crippen LogP contribution in [0.5, 0.6) is 5.75 Å². The molecule has 0 N–H and O–H groups in total. The van der Waals surface area contributed by atoms with Crippen LogP contribution >= 0.6 is 23.7 Å². The summed E-state index contributed by atoms with van der Waals surface area (Å²) in [7, 11) is -2.19. The van der Waals surface area contributed by atoms with Crippen molar-refractivity contribution in [1.29, 1.82) is 0 Å². The Bertz CT molecular complexity index is 1630. The Balaban J connectivity index is 0.00000423. The summed E-state index contributed by atoms with van der Waals surface area (Å²) in [6.45, 7) is 8.58. The molecule has 1 amide bonds. The van der Waals surface area contributed by atoms with E-state index in [0.717, 1.165) is 41.8 Å². The molecule has 0 saturated carbocycles. The zero-order valence-corrected chi connectivity index (χ0v) is 27.0. The number of morpholine rings is 1. The number of ether oxygens (including phenoxy) is 2. The van der Waals surface area contributed by atoms with Gasteiger partial charge in [-0.3, -0.25) is 18.9 Å². The molecule has 3 aromatic carbocycles. The first-order valence-electron chi connectivity index (χ1n) is 14.1. The fraction of sp³-hybridized carbons (Fsp3) is 0.355. The van der Waals surface area contributed by atoms with Gasteiger partial charge in [-0.15, -0.1) is 12.4 Å². The molecule has 1 aliphatic heterocycles. The number of carbonyl (C=O) groups excluding carboxylic acids is 1. The lowest BCUT2D eigenvalue weighted by Crippen LogP contribution is -2.39. The molecule has 1 aliphatic rings. The van der Waals surface area contributed by atoms with E-state index in [1.165, 1.54) is 27.8 Å². The normalized spacial score (nSPS) is 13.8. The number of halogens is 1. The van der Waals surface area contributed by atoms with E-state index in [2.05, 4.69) is 4.90 Å². The Morgan fingerprint density at radius 2 is 1.74 bits per heavy atom. The molecule has 0 unspecified atom stereocenters. The molecule has 4 aromatic rings. The number of aryl methyl sites for hydroxylation is 1. The molecule has 0 aliphatic carbocycles. The standard InChI is InChI=1S/C31H36N4O5S2.ClH/c1-4-35(25-9-6-5-7-10-25)42(37,38)26-14-12-24(13-15-26)30(36)34(18-8-17-33-19-21-40-22-20-33)31-32-28-27(39-3)16-11-23(2)29(28)41-31;/h5-7,9-16H,4,8,17-22H2,1-3H3;1H. The highest BCUT2D eigenvalue weighted by Crippen LogP contribution is 2.37. The zero-order chi connectivity index (χ0) is 29.7. The summed E-state index contributed by atoms with van der Waals surface area (Å²) in [6, 6.07) is 19.1. The Morgan fingerprint density at radius 3 is 2.40 bits per heavy atom. The SMILES string of the molecule is CCN(c1ccccc1)S(=O)(=O)c1ccc(C(=O)N(CCCN2CCOCC2)c2nc3c(OC)ccc(C)c3s2)cc1.Cl. The lowest BCUT2D eigenvalue weighted by atomic mass is 10.2. The number of hydrogen-bond acceptors (Lipinski definition) is 8. The molecule has 12 heteroatoms. The summed E-state index contributed by atoms with van der Waals surface area (Å²) in [6.07, 6.45) is 0.757. The van der Waals surface area contributed by atoms with Crippen LogP contribution in [0.2, 0.25) is 0 Å². The number of benzene rings is 3. The van der Waals surface area contributed by atoms with Crippen molar-refractivity contribution in [2.24, 2.45) is 0 Å². The monoisotopic (exact) mass is 644 g/mol. The van der Waals surface area contributed by atoms with Crippen LogP contribution in [-0.4, -0.2) is 77.3 Å². The number of nitrogens with zero attached hydrogens (tertiary/aromatic N) is 4. The average molecular weight is 645 g/mol. The first kappa shape index (κ1) is 32.7. The summed E-state index contributed by atoms with van der Waals surface area (Å²) in [5.74, 6) is 0.430. The van der Waals surface area contributed by atoms with Crippen molar-refractivity contribution in [3.05, 3.63) is 77.9 Å². The van der Waals surface area contributed by atoms with Gasteiger partial charge >= 0.3 is 0 Å². The van der Waals surface area contributed by atoms with Crippen LogP contribution < -0.4 is 13.9 Å². The molecule has 9 nitrogen and oxygen atoms in total. The average Bonchev–Trinajstić information content (AvgIpc) is 3.47. The van der Waals surface area contributed by atoms with Gasteiger partial charge in [0, 0.05) is 38.3 Å². The summed E-state index contributed by atoms with van der Waals surface area (Å²) >= 11 is 1.46. The number of sulfonamides is 1. The lowest BCUT2D eigenvalue weighted by Gasteiger charge is -2.27. The van der Waals surface area contributed by atoms with Crippen LogP contribution in [0.4, 0.5) is 10.8 Å². The summed E-state index contributed by atoms with van der Waals surface area (Å²) in [4.78, 5) is 23.0. The summed E-state index contributed by atoms with van der Waals surface area (Å²) in [5.41, 5.74) is 2.77. The number of carbonyl (C=O) groups is 1. The highest BCUT2D eigenvalue weighted by atomic mass is 35.5. The van der Waals surface area contributed by atoms with Crippen molar-refractivity contribution in [3.63, 3.8) is 0 Å². The number of anilines is 2. The second kappa shape index (κ2) is 14.5. The highest BCUT2D eigenvalue weighted by Gasteiger charge is 2.26. The third-order valence-electron chi connectivity index (χ3n) is 7.37. The number of methoxy groups -OCH3 is 1. The van der Waals surface area contributed by atoms with Gasteiger partial charge in [0.15, 0.2) is 5.13 Å². The number of fused-ring (bicyclic) bond motifs is 1. The highest BCUT2D eigenvalue weighted by molar-refractivity contribution is 7.92. The summed E-state index contributed by atoms with van der Waals surface area (Å²) < 4.78 is 40.3. The maximum absolute atomic E-state index is 14.0. The molecular weight excluding hydrogens is 608 g/mol. The molecule has 2 heterocycles. The van der Waals surface area contributed by atoms with Gasteiger partial charge < -0.3 is 9.47 Å². The predicted octanol–water partition coefficient (Wildman–Crippen LogP) is 5.62. The van der Waals surface area contributed by atoms with E-state index in [-0.39, 0.29) is 29.8 Å². The van der Waals surface area contributed by atoms with E-state index in [4.69, 9.17) is 14.5 Å². The number of hydrogen-bond donors (Lipinski definition) is 0. The van der Waals surface area contributed by atoms with E-state index in [9.17, 15) is 13.2 Å². The largest absolute Gasteiger partial charge is 0.494 e. The van der Waals surface area contributed by atoms with E-state index < -0.39 is 10.0 Å². The van der Waals surface area contributed by atoms with E-state index in [0.29, 0.717) is 41.9 Å². The second-order valence-corrected chi connectivity index (χ2v) is 12.9. The molecule has 0 radical (unpaired) electrons. The molecule has 230 valence electrons. The molecule has 5 rings (SSSR count). The van der Waals surface area contributed by atoms with Crippen molar-refractivity contribution in [2.45, 2.75) is 25.2 Å². The fourth-order valence-corrected chi connectivity index (χ4v) is 7.63. The first-order valence-corrected chi connectivity index (χ1v) is 16.3. The van der Waals surface area contributed by atoms with Gasteiger partial charge in [0.2, 0.25) is 0 Å². The third kappa shape index (κ3) is 7.13. The molecule has 1 saturated heterocycles. The van der Waals surface area contributed by atoms with Crippen molar-refractivity contribution in [1.82, 2.24) is 9.88 Å². The molecule has 1 aromatic heterocycles. The summed E-state index contributed by atoms with van der Waals surface area (Å²) in [5, 5.41) is 0.586. The van der Waals surface area contributed by atoms with E-state index >= 15 is 0 Å². The van der Waals surface area contributed by atoms with Gasteiger partial charge in [-0.05, 0) is 68.3 Å². The quantitative estimate of drug-likeness (QED) is 0.209. The van der Waals surface area contributed by atoms with E-state index in [1.54, 1.807) is 43.2 Å². The van der Waals surface area contributed by atoms with Gasteiger partial charge in [0.25, 0.3) is 15.9 Å². The lowest BCUT2D eigenvalue weighted by molar-refractivity contribution is 0.0376. The Hall–Kier alpha value is -3.22. The number of rotatable bonds is 11. The Kier molecular flexibility index (Phi) is 11.0.